The fourth-order valence-electron chi connectivity index (χ4n) is 4.31. The third kappa shape index (κ3) is 10.6. The van der Waals surface area contributed by atoms with E-state index in [9.17, 15) is 19.2 Å². The van der Waals surface area contributed by atoms with Crippen molar-refractivity contribution in [1.29, 1.82) is 0 Å². The first-order chi connectivity index (χ1) is 18.4. The molecule has 0 saturated heterocycles. The van der Waals surface area contributed by atoms with E-state index in [0.29, 0.717) is 12.8 Å². The number of carbonyl (C=O) groups excluding carboxylic acids is 4. The Morgan fingerprint density at radius 2 is 1.69 bits per heavy atom. The maximum Gasteiger partial charge on any atom is 0.328 e. The first-order valence-electron chi connectivity index (χ1n) is 14.3. The Morgan fingerprint density at radius 1 is 1.00 bits per heavy atom. The van der Waals surface area contributed by atoms with Crippen molar-refractivity contribution in [3.8, 4) is 0 Å². The molecule has 0 bridgehead atoms. The first-order valence-corrected chi connectivity index (χ1v) is 14.3. The molecule has 1 unspecified atom stereocenters. The van der Waals surface area contributed by atoms with Crippen LogP contribution in [0, 0.1) is 11.3 Å². The van der Waals surface area contributed by atoms with Crippen LogP contribution in [0.3, 0.4) is 0 Å². The molecule has 1 heterocycles. The number of unbranched alkanes of at least 4 members (excludes halogenated alkanes) is 3. The van der Waals surface area contributed by atoms with E-state index < -0.39 is 41.3 Å². The summed E-state index contributed by atoms with van der Waals surface area (Å²) < 4.78 is 5.33. The van der Waals surface area contributed by atoms with Gasteiger partial charge in [0.15, 0.2) is 0 Å². The zero-order valence-corrected chi connectivity index (χ0v) is 25.1. The Morgan fingerprint density at radius 3 is 2.21 bits per heavy atom. The average molecular weight is 548 g/mol. The number of hydrogen-bond donors (Lipinski definition) is 2. The van der Waals surface area contributed by atoms with Gasteiger partial charge in [0.2, 0.25) is 11.8 Å². The van der Waals surface area contributed by atoms with Gasteiger partial charge in [0.05, 0.1) is 12.8 Å². The van der Waals surface area contributed by atoms with Crippen molar-refractivity contribution in [1.82, 2.24) is 25.5 Å². The summed E-state index contributed by atoms with van der Waals surface area (Å²) in [6.45, 7) is 15.6. The quantitative estimate of drug-likeness (QED) is 0.237. The minimum absolute atomic E-state index is 0.0968. The number of likely N-dealkylation sites (N-methyl/N-ethyl adjacent to an activating group) is 1. The Labute approximate surface area is 234 Å². The van der Waals surface area contributed by atoms with Gasteiger partial charge in [-0.05, 0) is 31.6 Å². The zero-order chi connectivity index (χ0) is 29.6. The molecule has 1 aromatic heterocycles. The van der Waals surface area contributed by atoms with Gasteiger partial charge in [0.25, 0.3) is 5.91 Å². The summed E-state index contributed by atoms with van der Waals surface area (Å²) in [5.41, 5.74) is -0.573. The van der Waals surface area contributed by atoms with Crippen LogP contribution in [0.2, 0.25) is 0 Å². The molecule has 4 atom stereocenters. The van der Waals surface area contributed by atoms with E-state index in [0.717, 1.165) is 25.7 Å². The number of rotatable bonds is 16. The molecule has 0 aliphatic heterocycles. The second kappa shape index (κ2) is 16.8. The maximum absolute atomic E-state index is 14.0. The molecule has 0 fully saturated rings. The molecular formula is C29H49N5O5. The van der Waals surface area contributed by atoms with Gasteiger partial charge >= 0.3 is 5.97 Å². The van der Waals surface area contributed by atoms with Crippen LogP contribution in [0.5, 0.6) is 0 Å². The second-order valence-corrected chi connectivity index (χ2v) is 11.0. The lowest BCUT2D eigenvalue weighted by Crippen LogP contribution is -2.61. The zero-order valence-electron chi connectivity index (χ0n) is 25.1. The average Bonchev–Trinajstić information content (AvgIpc) is 2.91. The molecule has 0 saturated carbocycles. The predicted molar refractivity (Wildman–Crippen MR) is 151 cm³/mol. The Balaban J connectivity index is 3.25. The van der Waals surface area contributed by atoms with Crippen molar-refractivity contribution in [3.63, 3.8) is 0 Å². The standard InChI is InChI=1S/C29H49N5O5/c1-9-13-14-15-16-22(28(38)39-12-4)34(11-3)27(37)24(29(6,7)8)33-26(36)23(20(5)10-2)32-25(35)21-19-30-17-18-31-21/h17-20,22-24H,9-16H2,1-8H3,(H,32,35)(H,33,36)/t20-,22-,23?,24+/m0/s1. The SMILES string of the molecule is CCCCCC[C@@H](C(=O)OCC)N(CC)C(=O)[C@@H](NC(=O)C(NC(=O)c1cnccn1)[C@@H](C)CC)C(C)(C)C. The highest BCUT2D eigenvalue weighted by Crippen LogP contribution is 2.24. The summed E-state index contributed by atoms with van der Waals surface area (Å²) in [7, 11) is 0. The van der Waals surface area contributed by atoms with E-state index in [1.54, 1.807) is 6.92 Å². The van der Waals surface area contributed by atoms with Crippen molar-refractivity contribution in [2.24, 2.45) is 11.3 Å². The molecular weight excluding hydrogens is 498 g/mol. The van der Waals surface area contributed by atoms with Crippen LogP contribution in [-0.2, 0) is 19.1 Å². The van der Waals surface area contributed by atoms with E-state index in [2.05, 4.69) is 27.5 Å². The Bertz CT molecular complexity index is 918. The minimum Gasteiger partial charge on any atom is -0.464 e. The largest absolute Gasteiger partial charge is 0.464 e. The van der Waals surface area contributed by atoms with Gasteiger partial charge in [-0.25, -0.2) is 9.78 Å². The molecule has 1 aromatic rings. The van der Waals surface area contributed by atoms with Gasteiger partial charge in [-0.15, -0.1) is 0 Å². The normalized spacial score (nSPS) is 14.5. The molecule has 2 N–H and O–H groups in total. The topological polar surface area (TPSA) is 131 Å². The number of amides is 3. The summed E-state index contributed by atoms with van der Waals surface area (Å²) in [5, 5.41) is 5.68. The van der Waals surface area contributed by atoms with Crippen molar-refractivity contribution >= 4 is 23.7 Å². The molecule has 39 heavy (non-hydrogen) atoms. The molecule has 0 radical (unpaired) electrons. The van der Waals surface area contributed by atoms with Gasteiger partial charge in [0.1, 0.15) is 23.8 Å². The van der Waals surface area contributed by atoms with Crippen LogP contribution >= 0.6 is 0 Å². The lowest BCUT2D eigenvalue weighted by Gasteiger charge is -2.38. The van der Waals surface area contributed by atoms with E-state index in [1.165, 1.54) is 23.5 Å². The van der Waals surface area contributed by atoms with E-state index in [4.69, 9.17) is 4.74 Å². The number of hydrogen-bond acceptors (Lipinski definition) is 7. The number of aromatic nitrogens is 2. The number of ether oxygens (including phenoxy) is 1. The molecule has 10 nitrogen and oxygen atoms in total. The summed E-state index contributed by atoms with van der Waals surface area (Å²) in [6.07, 6.45) is 9.17. The van der Waals surface area contributed by atoms with Gasteiger partial charge in [-0.2, -0.15) is 0 Å². The number of esters is 1. The van der Waals surface area contributed by atoms with Crippen LogP contribution in [0.15, 0.2) is 18.6 Å². The van der Waals surface area contributed by atoms with Crippen molar-refractivity contribution < 1.29 is 23.9 Å². The molecule has 10 heteroatoms. The van der Waals surface area contributed by atoms with Gasteiger partial charge in [0, 0.05) is 18.9 Å². The van der Waals surface area contributed by atoms with Crippen molar-refractivity contribution in [2.45, 2.75) is 112 Å². The third-order valence-electron chi connectivity index (χ3n) is 6.87. The van der Waals surface area contributed by atoms with Gasteiger partial charge < -0.3 is 20.3 Å². The Hall–Kier alpha value is -3.04. The summed E-state index contributed by atoms with van der Waals surface area (Å²) in [4.78, 5) is 62.8. The molecule has 3 amide bonds. The summed E-state index contributed by atoms with van der Waals surface area (Å²) in [6, 6.07) is -2.56. The van der Waals surface area contributed by atoms with Crippen molar-refractivity contribution in [3.05, 3.63) is 24.3 Å². The van der Waals surface area contributed by atoms with Gasteiger partial charge in [-0.1, -0.05) is 73.6 Å². The van der Waals surface area contributed by atoms with E-state index >= 15 is 0 Å². The van der Waals surface area contributed by atoms with Crippen LogP contribution in [-0.4, -0.2) is 69.8 Å². The monoisotopic (exact) mass is 547 g/mol. The number of nitrogens with zero attached hydrogens (tertiary/aromatic N) is 3. The fraction of sp³-hybridized carbons (Fsp3) is 0.724. The molecule has 220 valence electrons. The van der Waals surface area contributed by atoms with Gasteiger partial charge in [-0.3, -0.25) is 19.4 Å². The molecule has 0 spiro atoms. The van der Waals surface area contributed by atoms with E-state index in [-0.39, 0.29) is 30.7 Å². The number of nitrogens with one attached hydrogen (secondary N) is 2. The smallest absolute Gasteiger partial charge is 0.328 e. The number of carbonyl (C=O) groups is 4. The second-order valence-electron chi connectivity index (χ2n) is 11.0. The van der Waals surface area contributed by atoms with Crippen LogP contribution < -0.4 is 10.6 Å². The Kier molecular flexibility index (Phi) is 14.7. The fourth-order valence-corrected chi connectivity index (χ4v) is 4.31. The van der Waals surface area contributed by atoms with Crippen LogP contribution in [0.25, 0.3) is 0 Å². The highest BCUT2D eigenvalue weighted by atomic mass is 16.5. The lowest BCUT2D eigenvalue weighted by atomic mass is 9.84. The molecule has 0 aromatic carbocycles. The lowest BCUT2D eigenvalue weighted by molar-refractivity contribution is -0.157. The highest BCUT2D eigenvalue weighted by molar-refractivity contribution is 5.97. The molecule has 0 aliphatic rings. The van der Waals surface area contributed by atoms with Crippen LogP contribution in [0.1, 0.15) is 104 Å². The molecule has 1 rings (SSSR count). The van der Waals surface area contributed by atoms with Crippen molar-refractivity contribution in [2.75, 3.05) is 13.2 Å². The predicted octanol–water partition coefficient (Wildman–Crippen LogP) is 3.90. The van der Waals surface area contributed by atoms with Crippen LogP contribution in [0.4, 0.5) is 0 Å². The highest BCUT2D eigenvalue weighted by Gasteiger charge is 2.41. The van der Waals surface area contributed by atoms with E-state index in [1.807, 2.05) is 41.5 Å². The summed E-state index contributed by atoms with van der Waals surface area (Å²) >= 11 is 0. The minimum atomic E-state index is -0.933. The third-order valence-corrected chi connectivity index (χ3v) is 6.87. The molecule has 0 aliphatic carbocycles. The first kappa shape index (κ1) is 34.0. The maximum atomic E-state index is 14.0. The summed E-state index contributed by atoms with van der Waals surface area (Å²) in [5.74, 6) is -1.99.